The van der Waals surface area contributed by atoms with E-state index in [1.54, 1.807) is 0 Å². The standard InChI is InChI=1S/C13H19NO/c1-3-8-5-10-7-12(15)13(14)11(10)6-9(8)4-2/h5-6,12-13,15H,3-4,7,14H2,1-2H3. The highest BCUT2D eigenvalue weighted by atomic mass is 16.3. The van der Waals surface area contributed by atoms with Crippen molar-refractivity contribution in [1.29, 1.82) is 0 Å². The van der Waals surface area contributed by atoms with Crippen molar-refractivity contribution in [3.05, 3.63) is 34.4 Å². The van der Waals surface area contributed by atoms with Gasteiger partial charge in [0, 0.05) is 6.42 Å². The number of aliphatic hydroxyl groups is 1. The van der Waals surface area contributed by atoms with Crippen molar-refractivity contribution < 1.29 is 5.11 Å². The third-order valence-corrected chi connectivity index (χ3v) is 3.43. The fraction of sp³-hybridized carbons (Fsp3) is 0.538. The van der Waals surface area contributed by atoms with Gasteiger partial charge >= 0.3 is 0 Å². The summed E-state index contributed by atoms with van der Waals surface area (Å²) in [6.07, 6.45) is 2.42. The SMILES string of the molecule is CCc1cc2c(cc1CC)C(N)C(O)C2. The molecule has 0 heterocycles. The van der Waals surface area contributed by atoms with Crippen LogP contribution in [0.4, 0.5) is 0 Å². The van der Waals surface area contributed by atoms with Crippen molar-refractivity contribution in [3.8, 4) is 0 Å². The van der Waals surface area contributed by atoms with E-state index in [1.807, 2.05) is 0 Å². The number of aliphatic hydroxyl groups excluding tert-OH is 1. The summed E-state index contributed by atoms with van der Waals surface area (Å²) in [4.78, 5) is 0. The first-order chi connectivity index (χ1) is 7.17. The summed E-state index contributed by atoms with van der Waals surface area (Å²) in [6.45, 7) is 4.34. The monoisotopic (exact) mass is 205 g/mol. The number of benzene rings is 1. The Morgan fingerprint density at radius 2 is 1.87 bits per heavy atom. The predicted octanol–water partition coefficient (Wildman–Crippen LogP) is 1.73. The van der Waals surface area contributed by atoms with E-state index in [2.05, 4.69) is 26.0 Å². The molecule has 82 valence electrons. The van der Waals surface area contributed by atoms with Crippen LogP contribution in [0.5, 0.6) is 0 Å². The molecule has 2 nitrogen and oxygen atoms in total. The maximum atomic E-state index is 9.72. The first-order valence-electron chi connectivity index (χ1n) is 5.75. The summed E-state index contributed by atoms with van der Waals surface area (Å²) in [7, 11) is 0. The lowest BCUT2D eigenvalue weighted by molar-refractivity contribution is 0.158. The van der Waals surface area contributed by atoms with E-state index in [0.717, 1.165) is 18.4 Å². The fourth-order valence-electron chi connectivity index (χ4n) is 2.46. The molecule has 2 heteroatoms. The van der Waals surface area contributed by atoms with Crippen molar-refractivity contribution in [3.63, 3.8) is 0 Å². The highest BCUT2D eigenvalue weighted by molar-refractivity contribution is 5.44. The van der Waals surface area contributed by atoms with E-state index >= 15 is 0 Å². The van der Waals surface area contributed by atoms with Crippen LogP contribution in [0.1, 0.15) is 42.1 Å². The molecular formula is C13H19NO. The van der Waals surface area contributed by atoms with Crippen LogP contribution in [0.2, 0.25) is 0 Å². The molecule has 0 aromatic heterocycles. The van der Waals surface area contributed by atoms with Gasteiger partial charge in [0.15, 0.2) is 0 Å². The van der Waals surface area contributed by atoms with Crippen molar-refractivity contribution in [2.45, 2.75) is 45.3 Å². The molecule has 1 aromatic rings. The first-order valence-corrected chi connectivity index (χ1v) is 5.75. The van der Waals surface area contributed by atoms with Crippen LogP contribution in [-0.4, -0.2) is 11.2 Å². The lowest BCUT2D eigenvalue weighted by atomic mass is 9.96. The van der Waals surface area contributed by atoms with Crippen LogP contribution < -0.4 is 5.73 Å². The maximum Gasteiger partial charge on any atom is 0.0773 e. The van der Waals surface area contributed by atoms with E-state index in [-0.39, 0.29) is 6.04 Å². The molecule has 1 aromatic carbocycles. The Kier molecular flexibility index (Phi) is 2.81. The minimum Gasteiger partial charge on any atom is -0.391 e. The van der Waals surface area contributed by atoms with Gasteiger partial charge in [-0.3, -0.25) is 0 Å². The van der Waals surface area contributed by atoms with E-state index in [4.69, 9.17) is 5.73 Å². The largest absolute Gasteiger partial charge is 0.391 e. The van der Waals surface area contributed by atoms with Crippen LogP contribution in [-0.2, 0) is 19.3 Å². The zero-order valence-electron chi connectivity index (χ0n) is 9.46. The lowest BCUT2D eigenvalue weighted by Crippen LogP contribution is -2.21. The summed E-state index contributed by atoms with van der Waals surface area (Å²) < 4.78 is 0. The van der Waals surface area contributed by atoms with Gasteiger partial charge in [-0.2, -0.15) is 0 Å². The quantitative estimate of drug-likeness (QED) is 0.772. The van der Waals surface area contributed by atoms with Gasteiger partial charge in [0.25, 0.3) is 0 Å². The number of fused-ring (bicyclic) bond motifs is 1. The van der Waals surface area contributed by atoms with Crippen molar-refractivity contribution in [2.75, 3.05) is 0 Å². The smallest absolute Gasteiger partial charge is 0.0773 e. The predicted molar refractivity (Wildman–Crippen MR) is 61.8 cm³/mol. The molecule has 0 spiro atoms. The second-order valence-electron chi connectivity index (χ2n) is 4.32. The number of hydrogen-bond donors (Lipinski definition) is 2. The van der Waals surface area contributed by atoms with Crippen LogP contribution in [0.15, 0.2) is 12.1 Å². The molecule has 1 aliphatic rings. The van der Waals surface area contributed by atoms with Gasteiger partial charge < -0.3 is 10.8 Å². The molecule has 3 N–H and O–H groups in total. The van der Waals surface area contributed by atoms with Gasteiger partial charge in [-0.05, 0) is 35.1 Å². The lowest BCUT2D eigenvalue weighted by Gasteiger charge is -2.12. The number of hydrogen-bond acceptors (Lipinski definition) is 2. The summed E-state index contributed by atoms with van der Waals surface area (Å²) in [5.74, 6) is 0. The molecule has 0 saturated heterocycles. The molecule has 1 aliphatic carbocycles. The second kappa shape index (κ2) is 3.95. The Balaban J connectivity index is 2.48. The Hall–Kier alpha value is -0.860. The topological polar surface area (TPSA) is 46.2 Å². The number of aryl methyl sites for hydroxylation is 2. The van der Waals surface area contributed by atoms with Gasteiger partial charge in [0.05, 0.1) is 12.1 Å². The van der Waals surface area contributed by atoms with E-state index < -0.39 is 6.10 Å². The van der Waals surface area contributed by atoms with Gasteiger partial charge in [-0.25, -0.2) is 0 Å². The summed E-state index contributed by atoms with van der Waals surface area (Å²) in [5, 5.41) is 9.72. The second-order valence-corrected chi connectivity index (χ2v) is 4.32. The average molecular weight is 205 g/mol. The Morgan fingerprint density at radius 1 is 1.27 bits per heavy atom. The molecule has 0 fully saturated rings. The van der Waals surface area contributed by atoms with E-state index in [0.29, 0.717) is 6.42 Å². The van der Waals surface area contributed by atoms with Gasteiger partial charge in [-0.1, -0.05) is 26.0 Å². The minimum absolute atomic E-state index is 0.184. The first kappa shape index (κ1) is 10.7. The third-order valence-electron chi connectivity index (χ3n) is 3.43. The Bertz CT molecular complexity index is 373. The zero-order valence-corrected chi connectivity index (χ0v) is 9.46. The van der Waals surface area contributed by atoms with Crippen LogP contribution in [0, 0.1) is 0 Å². The number of nitrogens with two attached hydrogens (primary N) is 1. The van der Waals surface area contributed by atoms with Gasteiger partial charge in [0.2, 0.25) is 0 Å². The zero-order chi connectivity index (χ0) is 11.0. The molecule has 2 unspecified atom stereocenters. The molecule has 2 rings (SSSR count). The molecule has 0 bridgehead atoms. The van der Waals surface area contributed by atoms with Crippen molar-refractivity contribution >= 4 is 0 Å². The van der Waals surface area contributed by atoms with Gasteiger partial charge in [0.1, 0.15) is 0 Å². The normalized spacial score (nSPS) is 24.3. The Morgan fingerprint density at radius 3 is 2.47 bits per heavy atom. The van der Waals surface area contributed by atoms with Crippen LogP contribution in [0.3, 0.4) is 0 Å². The fourth-order valence-corrected chi connectivity index (χ4v) is 2.46. The Labute approximate surface area is 91.1 Å². The molecule has 0 radical (unpaired) electrons. The minimum atomic E-state index is -0.392. The third kappa shape index (κ3) is 1.68. The summed E-state index contributed by atoms with van der Waals surface area (Å²) in [6, 6.07) is 4.23. The molecule has 0 aliphatic heterocycles. The number of rotatable bonds is 2. The van der Waals surface area contributed by atoms with E-state index in [1.165, 1.54) is 16.7 Å². The van der Waals surface area contributed by atoms with Crippen LogP contribution >= 0.6 is 0 Å². The van der Waals surface area contributed by atoms with E-state index in [9.17, 15) is 5.11 Å². The van der Waals surface area contributed by atoms with Gasteiger partial charge in [-0.15, -0.1) is 0 Å². The maximum absolute atomic E-state index is 9.72. The molecule has 0 saturated carbocycles. The van der Waals surface area contributed by atoms with Crippen molar-refractivity contribution in [2.24, 2.45) is 5.73 Å². The average Bonchev–Trinajstić information content (AvgIpc) is 2.53. The highest BCUT2D eigenvalue weighted by Crippen LogP contribution is 2.32. The molecule has 15 heavy (non-hydrogen) atoms. The molecule has 0 amide bonds. The highest BCUT2D eigenvalue weighted by Gasteiger charge is 2.28. The van der Waals surface area contributed by atoms with Crippen molar-refractivity contribution in [1.82, 2.24) is 0 Å². The summed E-state index contributed by atoms with van der Waals surface area (Å²) in [5.41, 5.74) is 11.1. The van der Waals surface area contributed by atoms with Crippen LogP contribution in [0.25, 0.3) is 0 Å². The molecular weight excluding hydrogens is 186 g/mol. The summed E-state index contributed by atoms with van der Waals surface area (Å²) >= 11 is 0. The molecule has 2 atom stereocenters.